The van der Waals surface area contributed by atoms with Gasteiger partial charge in [-0.05, 0) is 6.42 Å². The lowest BCUT2D eigenvalue weighted by atomic mass is 10.5. The van der Waals surface area contributed by atoms with Crippen LogP contribution in [-0.2, 0) is 4.52 Å². The molecule has 3 N–H and O–H groups in total. The molecule has 0 spiro atoms. The molecule has 0 fully saturated rings. The van der Waals surface area contributed by atoms with Crippen molar-refractivity contribution in [2.45, 2.75) is 13.3 Å². The van der Waals surface area contributed by atoms with Gasteiger partial charge in [0.2, 0.25) is 0 Å². The van der Waals surface area contributed by atoms with Crippen LogP contribution in [0.2, 0.25) is 0 Å². The van der Waals surface area contributed by atoms with Crippen molar-refractivity contribution in [2.75, 3.05) is 6.61 Å². The first-order valence-corrected chi connectivity index (χ1v) is 6.40. The Morgan fingerprint density at radius 1 is 1.75 bits per heavy atom. The van der Waals surface area contributed by atoms with Gasteiger partial charge in [0.1, 0.15) is 0 Å². The lowest BCUT2D eigenvalue weighted by Crippen LogP contribution is -1.84. The maximum Gasteiger partial charge on any atom is 0.389 e. The molecule has 0 rings (SSSR count). The molecule has 0 saturated carbocycles. The molecular weight excluding hydrogens is 220 g/mol. The Morgan fingerprint density at radius 3 is 2.83 bits per heavy atom. The molecule has 70 valence electrons. The van der Waals surface area contributed by atoms with Gasteiger partial charge >= 0.3 is 7.74 Å². The number of hydrogen-bond acceptors (Lipinski definition) is 2. The van der Waals surface area contributed by atoms with Gasteiger partial charge in [-0.15, -0.1) is 0 Å². The van der Waals surface area contributed by atoms with Crippen LogP contribution in [0.5, 0.6) is 0 Å². The normalized spacial score (nSPS) is 16.6. The van der Waals surface area contributed by atoms with Crippen LogP contribution in [0.3, 0.4) is 0 Å². The Bertz CT molecular complexity index is 220. The van der Waals surface area contributed by atoms with Crippen molar-refractivity contribution in [3.63, 3.8) is 0 Å². The van der Waals surface area contributed by atoms with E-state index in [4.69, 9.17) is 15.2 Å². The molecule has 9 heteroatoms. The molecule has 0 aromatic carbocycles. The maximum atomic E-state index is 13.3. The third-order valence-electron chi connectivity index (χ3n) is 0.777. The van der Waals surface area contributed by atoms with Crippen LogP contribution in [0.15, 0.2) is 9.03 Å². The Labute approximate surface area is 73.9 Å². The average Bonchev–Trinajstić information content (AvgIpc) is 2.02. The molecule has 0 bridgehead atoms. The van der Waals surface area contributed by atoms with Gasteiger partial charge in [-0.2, -0.15) is 13.2 Å². The highest BCUT2D eigenvalue weighted by molar-refractivity contribution is 7.61. The van der Waals surface area contributed by atoms with Crippen LogP contribution in [-0.4, -0.2) is 6.61 Å². The highest BCUT2D eigenvalue weighted by atomic mass is 31.2. The Balaban J connectivity index is 4.39. The third-order valence-corrected chi connectivity index (χ3v) is 3.82. The van der Waals surface area contributed by atoms with E-state index in [1.54, 1.807) is 0 Å². The summed E-state index contributed by atoms with van der Waals surface area (Å²) in [5.74, 6) is 0. The summed E-state index contributed by atoms with van der Waals surface area (Å²) in [5, 5.41) is 6.68. The maximum absolute atomic E-state index is 13.3. The molecule has 0 aliphatic rings. The fourth-order valence-corrected chi connectivity index (χ4v) is 2.64. The Kier molecular flexibility index (Phi) is 6.92. The average molecular weight is 230 g/mol. The van der Waals surface area contributed by atoms with Crippen molar-refractivity contribution >= 4 is 24.8 Å². The van der Waals surface area contributed by atoms with Crippen molar-refractivity contribution in [1.29, 1.82) is 5.16 Å². The molecule has 12 heavy (non-hydrogen) atoms. The fraction of sp³-hybridized carbons (Fsp3) is 1.00. The topological polar surface area (TPSA) is 83.8 Å². The van der Waals surface area contributed by atoms with E-state index in [1.807, 2.05) is 6.92 Å². The highest BCUT2D eigenvalue weighted by Crippen LogP contribution is 2.57. The lowest BCUT2D eigenvalue weighted by Gasteiger charge is -2.06. The molecule has 0 radical (unpaired) electrons. The summed E-state index contributed by atoms with van der Waals surface area (Å²) in [5.41, 5.74) is 5.01. The number of nitrogens with two attached hydrogens (primary N) is 1. The SMILES string of the molecule is CCCOP(F)(N=PN)=NP=N. The monoisotopic (exact) mass is 230 g/mol. The van der Waals surface area contributed by atoms with E-state index in [0.29, 0.717) is 6.42 Å². The minimum Gasteiger partial charge on any atom is -0.303 e. The minimum absolute atomic E-state index is 0.0575. The zero-order valence-electron chi connectivity index (χ0n) is 6.51. The summed E-state index contributed by atoms with van der Waals surface area (Å²) in [7, 11) is -3.68. The van der Waals surface area contributed by atoms with Gasteiger partial charge in [-0.3, -0.25) is 10.7 Å². The molecule has 0 aliphatic carbocycles. The molecule has 0 heterocycles. The van der Waals surface area contributed by atoms with Gasteiger partial charge in [0, 0.05) is 0 Å². The first-order chi connectivity index (χ1) is 5.68. The van der Waals surface area contributed by atoms with Gasteiger partial charge in [0.05, 0.1) is 15.1 Å². The second-order valence-corrected chi connectivity index (χ2v) is 4.77. The summed E-state index contributed by atoms with van der Waals surface area (Å²) < 4.78 is 24.7. The van der Waals surface area contributed by atoms with Gasteiger partial charge in [0.25, 0.3) is 0 Å². The van der Waals surface area contributed by atoms with Crippen LogP contribution < -0.4 is 5.50 Å². The van der Waals surface area contributed by atoms with Crippen LogP contribution in [0.25, 0.3) is 0 Å². The molecule has 0 aromatic rings. The van der Waals surface area contributed by atoms with E-state index in [1.165, 1.54) is 0 Å². The van der Waals surface area contributed by atoms with Gasteiger partial charge < -0.3 is 4.52 Å². The number of nitrogens with zero attached hydrogens (tertiary/aromatic N) is 2. The molecular formula is C3H10FN4OP3. The summed E-state index contributed by atoms with van der Waals surface area (Å²) in [6, 6.07) is 0. The highest BCUT2D eigenvalue weighted by Gasteiger charge is 2.16. The zero-order valence-corrected chi connectivity index (χ0v) is 9.20. The van der Waals surface area contributed by atoms with Gasteiger partial charge in [0.15, 0.2) is 8.52 Å². The third kappa shape index (κ3) is 5.02. The second-order valence-electron chi connectivity index (χ2n) is 1.70. The predicted molar refractivity (Wildman–Crippen MR) is 49.9 cm³/mol. The zero-order chi connectivity index (χ0) is 9.45. The van der Waals surface area contributed by atoms with Crippen molar-refractivity contribution in [3.8, 4) is 0 Å². The van der Waals surface area contributed by atoms with Crippen molar-refractivity contribution < 1.29 is 8.72 Å². The van der Waals surface area contributed by atoms with E-state index in [0.717, 1.165) is 0 Å². The molecule has 0 aliphatic heterocycles. The molecule has 0 aromatic heterocycles. The van der Waals surface area contributed by atoms with Crippen LogP contribution >= 0.6 is 24.8 Å². The molecule has 1 unspecified atom stereocenters. The number of rotatable bonds is 5. The smallest absolute Gasteiger partial charge is 0.303 e. The lowest BCUT2D eigenvalue weighted by molar-refractivity contribution is 0.325. The summed E-state index contributed by atoms with van der Waals surface area (Å²) in [4.78, 5) is 0. The fourth-order valence-electron chi connectivity index (χ4n) is 0.396. The number of nitrogens with one attached hydrogen (secondary N) is 1. The van der Waals surface area contributed by atoms with Crippen molar-refractivity contribution in [1.82, 2.24) is 0 Å². The summed E-state index contributed by atoms with van der Waals surface area (Å²) in [6.07, 6.45) is 0.688. The van der Waals surface area contributed by atoms with Gasteiger partial charge in [-0.25, -0.2) is 0 Å². The first-order valence-electron chi connectivity index (χ1n) is 3.13. The van der Waals surface area contributed by atoms with Crippen molar-refractivity contribution in [3.05, 3.63) is 0 Å². The Hall–Kier alpha value is 0.280. The van der Waals surface area contributed by atoms with Crippen LogP contribution in [0, 0.1) is 5.16 Å². The number of hydrogen-bond donors (Lipinski definition) is 2. The molecule has 5 nitrogen and oxygen atoms in total. The summed E-state index contributed by atoms with van der Waals surface area (Å²) >= 11 is 0. The molecule has 0 amide bonds. The van der Waals surface area contributed by atoms with E-state index in [2.05, 4.69) is 9.03 Å². The quantitative estimate of drug-likeness (QED) is 0.700. The Morgan fingerprint density at radius 2 is 2.42 bits per heavy atom. The number of halogens is 1. The van der Waals surface area contributed by atoms with E-state index >= 15 is 0 Å². The standard InChI is InChI=1S/C3H10FN4OP3/c1-2-3-9-12(4,7-10-5)8-11-6/h5H,2-3H2,1H3,(H2,6,8). The van der Waals surface area contributed by atoms with E-state index < -0.39 is 7.74 Å². The van der Waals surface area contributed by atoms with Crippen molar-refractivity contribution in [2.24, 2.45) is 14.5 Å². The predicted octanol–water partition coefficient (Wildman–Crippen LogP) is 3.96. The first kappa shape index (κ1) is 12.3. The molecule has 0 saturated heterocycles. The second kappa shape index (κ2) is 6.76. The largest absolute Gasteiger partial charge is 0.389 e. The van der Waals surface area contributed by atoms with Crippen LogP contribution in [0.1, 0.15) is 13.3 Å². The van der Waals surface area contributed by atoms with Crippen LogP contribution in [0.4, 0.5) is 4.20 Å². The summed E-state index contributed by atoms with van der Waals surface area (Å²) in [6.45, 7) is 2.10. The molecule has 1 atom stereocenters. The van der Waals surface area contributed by atoms with Gasteiger partial charge in [-0.1, -0.05) is 6.92 Å². The minimum atomic E-state index is -3.57. The van der Waals surface area contributed by atoms with E-state index in [9.17, 15) is 4.20 Å². The van der Waals surface area contributed by atoms with E-state index in [-0.39, 0.29) is 23.7 Å².